The van der Waals surface area contributed by atoms with Gasteiger partial charge in [-0.05, 0) is 61.6 Å². The summed E-state index contributed by atoms with van der Waals surface area (Å²) in [5.41, 5.74) is 0.871. The topological polar surface area (TPSA) is 74.3 Å². The zero-order valence-corrected chi connectivity index (χ0v) is 23.2. The Bertz CT molecular complexity index is 967. The number of hydrogen-bond donors (Lipinski definition) is 0. The Morgan fingerprint density at radius 1 is 1.03 bits per heavy atom. The molecule has 0 N–H and O–H groups in total. The highest BCUT2D eigenvalue weighted by Crippen LogP contribution is 2.39. The lowest BCUT2D eigenvalue weighted by Gasteiger charge is -2.37. The molecule has 204 valence electrons. The minimum atomic E-state index is -0.518. The molecule has 37 heavy (non-hydrogen) atoms. The van der Waals surface area contributed by atoms with Gasteiger partial charge >= 0.3 is 5.97 Å². The minimum Gasteiger partial charge on any atom is -0.493 e. The van der Waals surface area contributed by atoms with E-state index in [1.165, 1.54) is 0 Å². The molecule has 0 spiro atoms. The standard InChI is InChI=1S/C30H43NO6/c1-30(2,3)20-27(32)31-17-11-10-14-23(31)29(33)37-24(22-12-8-7-9-13-22)16-15-21-18-25(34-4)28(36-6)26(19-21)35-5/h7-9,12,18-19,22-24H,10-11,13-17,20H2,1-6H3/t22?,23-,24+/m0/s1. The van der Waals surface area contributed by atoms with E-state index >= 15 is 0 Å². The summed E-state index contributed by atoms with van der Waals surface area (Å²) < 4.78 is 22.7. The molecule has 0 aromatic heterocycles. The second-order valence-corrected chi connectivity index (χ2v) is 11.1. The lowest BCUT2D eigenvalue weighted by atomic mass is 9.90. The first-order valence-electron chi connectivity index (χ1n) is 13.3. The molecule has 3 atom stereocenters. The number of benzene rings is 1. The van der Waals surface area contributed by atoms with Gasteiger partial charge in [-0.25, -0.2) is 4.79 Å². The van der Waals surface area contributed by atoms with Crippen LogP contribution >= 0.6 is 0 Å². The van der Waals surface area contributed by atoms with Crippen LogP contribution in [0.4, 0.5) is 0 Å². The van der Waals surface area contributed by atoms with Gasteiger partial charge in [0.15, 0.2) is 11.5 Å². The number of allylic oxidation sites excluding steroid dienone is 3. The number of methoxy groups -OCH3 is 3. The number of amides is 1. The minimum absolute atomic E-state index is 0.0311. The maximum Gasteiger partial charge on any atom is 0.329 e. The molecule has 2 aliphatic rings. The molecule has 7 heteroatoms. The average molecular weight is 514 g/mol. The van der Waals surface area contributed by atoms with E-state index in [-0.39, 0.29) is 29.3 Å². The van der Waals surface area contributed by atoms with Gasteiger partial charge < -0.3 is 23.8 Å². The summed E-state index contributed by atoms with van der Waals surface area (Å²) in [4.78, 5) is 28.3. The number of hydrogen-bond acceptors (Lipinski definition) is 6. The first-order valence-corrected chi connectivity index (χ1v) is 13.3. The number of likely N-dealkylation sites (tertiary alicyclic amines) is 1. The molecule has 1 aromatic carbocycles. The van der Waals surface area contributed by atoms with Gasteiger partial charge in [0.25, 0.3) is 0 Å². The van der Waals surface area contributed by atoms with Crippen molar-refractivity contribution in [2.24, 2.45) is 11.3 Å². The van der Waals surface area contributed by atoms with Crippen LogP contribution in [0.3, 0.4) is 0 Å². The molecule has 1 unspecified atom stereocenters. The predicted molar refractivity (Wildman–Crippen MR) is 144 cm³/mol. The van der Waals surface area contributed by atoms with Crippen LogP contribution in [0.15, 0.2) is 36.4 Å². The summed E-state index contributed by atoms with van der Waals surface area (Å²) in [5, 5.41) is 0. The van der Waals surface area contributed by atoms with Crippen LogP contribution in [0.25, 0.3) is 0 Å². The van der Waals surface area contributed by atoms with Crippen molar-refractivity contribution in [1.29, 1.82) is 0 Å². The normalized spacial score (nSPS) is 20.3. The van der Waals surface area contributed by atoms with E-state index in [0.717, 1.165) is 24.8 Å². The van der Waals surface area contributed by atoms with Crippen LogP contribution in [0.2, 0.25) is 0 Å². The number of nitrogens with zero attached hydrogens (tertiary/aromatic N) is 1. The maximum atomic E-state index is 13.5. The van der Waals surface area contributed by atoms with Crippen LogP contribution in [-0.4, -0.2) is 56.8 Å². The van der Waals surface area contributed by atoms with Crippen molar-refractivity contribution >= 4 is 11.9 Å². The summed E-state index contributed by atoms with van der Waals surface area (Å²) in [7, 11) is 4.78. The van der Waals surface area contributed by atoms with Crippen molar-refractivity contribution < 1.29 is 28.5 Å². The Morgan fingerprint density at radius 2 is 1.73 bits per heavy atom. The molecular weight excluding hydrogens is 470 g/mol. The molecule has 7 nitrogen and oxygen atoms in total. The summed E-state index contributed by atoms with van der Waals surface area (Å²) >= 11 is 0. The molecule has 3 rings (SSSR count). The van der Waals surface area contributed by atoms with Crippen LogP contribution in [0.5, 0.6) is 17.2 Å². The van der Waals surface area contributed by atoms with E-state index in [2.05, 4.69) is 12.2 Å². The molecule has 1 heterocycles. The van der Waals surface area contributed by atoms with Gasteiger partial charge in [-0.1, -0.05) is 45.1 Å². The Hall–Kier alpha value is -2.96. The highest BCUT2D eigenvalue weighted by Gasteiger charge is 2.36. The van der Waals surface area contributed by atoms with Crippen molar-refractivity contribution in [2.45, 2.75) is 77.9 Å². The average Bonchev–Trinajstić information content (AvgIpc) is 2.89. The molecule has 0 saturated carbocycles. The molecule has 1 aliphatic carbocycles. The Morgan fingerprint density at radius 3 is 2.30 bits per heavy atom. The number of aryl methyl sites for hydroxylation is 1. The third kappa shape index (κ3) is 7.76. The first-order chi connectivity index (χ1) is 17.7. The Labute approximate surface area is 221 Å². The Kier molecular flexibility index (Phi) is 10.1. The van der Waals surface area contributed by atoms with Gasteiger partial charge in [0.2, 0.25) is 11.7 Å². The second kappa shape index (κ2) is 13.0. The zero-order valence-electron chi connectivity index (χ0n) is 23.2. The van der Waals surface area contributed by atoms with Gasteiger partial charge in [-0.2, -0.15) is 0 Å². The van der Waals surface area contributed by atoms with Crippen molar-refractivity contribution in [3.8, 4) is 17.2 Å². The van der Waals surface area contributed by atoms with E-state index in [1.807, 2.05) is 45.1 Å². The van der Waals surface area contributed by atoms with Crippen molar-refractivity contribution in [3.05, 3.63) is 42.0 Å². The number of rotatable bonds is 10. The maximum absolute atomic E-state index is 13.5. The fourth-order valence-corrected chi connectivity index (χ4v) is 5.08. The molecular formula is C30H43NO6. The van der Waals surface area contributed by atoms with Gasteiger partial charge in [-0.3, -0.25) is 4.79 Å². The van der Waals surface area contributed by atoms with E-state index < -0.39 is 6.04 Å². The number of piperidine rings is 1. The number of carbonyl (C=O) groups excluding carboxylic acids is 2. The Balaban J connectivity index is 1.77. The van der Waals surface area contributed by atoms with Crippen LogP contribution in [-0.2, 0) is 20.7 Å². The van der Waals surface area contributed by atoms with Crippen molar-refractivity contribution in [2.75, 3.05) is 27.9 Å². The SMILES string of the molecule is COc1cc(CC[C@@H](OC(=O)[C@@H]2CCCCN2C(=O)CC(C)(C)C)C2C=CC=CC2)cc(OC)c1OC. The van der Waals surface area contributed by atoms with E-state index in [9.17, 15) is 9.59 Å². The van der Waals surface area contributed by atoms with E-state index in [1.54, 1.807) is 26.2 Å². The fourth-order valence-electron chi connectivity index (χ4n) is 5.08. The molecule has 1 aliphatic heterocycles. The lowest BCUT2D eigenvalue weighted by molar-refractivity contribution is -0.164. The van der Waals surface area contributed by atoms with Crippen molar-refractivity contribution in [3.63, 3.8) is 0 Å². The number of ether oxygens (including phenoxy) is 4. The molecule has 1 aromatic rings. The highest BCUT2D eigenvalue weighted by atomic mass is 16.5. The van der Waals surface area contributed by atoms with E-state index in [0.29, 0.717) is 49.5 Å². The highest BCUT2D eigenvalue weighted by molar-refractivity contribution is 5.85. The fraction of sp³-hybridized carbons (Fsp3) is 0.600. The zero-order chi connectivity index (χ0) is 27.0. The molecule has 0 bridgehead atoms. The quantitative estimate of drug-likeness (QED) is 0.384. The monoisotopic (exact) mass is 513 g/mol. The number of esters is 1. The molecule has 1 fully saturated rings. The van der Waals surface area contributed by atoms with E-state index in [4.69, 9.17) is 18.9 Å². The van der Waals surface area contributed by atoms with Gasteiger partial charge in [0.05, 0.1) is 21.3 Å². The molecule has 1 amide bonds. The summed E-state index contributed by atoms with van der Waals surface area (Å²) in [6.07, 6.45) is 12.9. The summed E-state index contributed by atoms with van der Waals surface area (Å²) in [6.45, 7) is 6.75. The second-order valence-electron chi connectivity index (χ2n) is 11.1. The summed E-state index contributed by atoms with van der Waals surface area (Å²) in [6, 6.07) is 3.35. The van der Waals surface area contributed by atoms with Crippen LogP contribution in [0, 0.1) is 11.3 Å². The third-order valence-electron chi connectivity index (χ3n) is 6.98. The van der Waals surface area contributed by atoms with Crippen LogP contribution in [0.1, 0.15) is 64.9 Å². The third-order valence-corrected chi connectivity index (χ3v) is 6.98. The molecule has 0 radical (unpaired) electrons. The largest absolute Gasteiger partial charge is 0.493 e. The van der Waals surface area contributed by atoms with Crippen molar-refractivity contribution in [1.82, 2.24) is 4.90 Å². The van der Waals surface area contributed by atoms with Gasteiger partial charge in [0, 0.05) is 18.9 Å². The first kappa shape index (κ1) is 28.6. The lowest BCUT2D eigenvalue weighted by Crippen LogP contribution is -2.50. The predicted octanol–water partition coefficient (Wildman–Crippen LogP) is 5.51. The summed E-state index contributed by atoms with van der Waals surface area (Å²) in [5.74, 6) is 1.57. The van der Waals surface area contributed by atoms with Crippen LogP contribution < -0.4 is 14.2 Å². The number of carbonyl (C=O) groups is 2. The molecule has 1 saturated heterocycles. The smallest absolute Gasteiger partial charge is 0.329 e. The van der Waals surface area contributed by atoms with Gasteiger partial charge in [0.1, 0.15) is 12.1 Å². The van der Waals surface area contributed by atoms with Gasteiger partial charge in [-0.15, -0.1) is 0 Å².